The number of nitrogens with zero attached hydrogens (tertiary/aromatic N) is 2. The monoisotopic (exact) mass is 398 g/mol. The second-order valence-corrected chi connectivity index (χ2v) is 7.98. The van der Waals surface area contributed by atoms with Gasteiger partial charge in [-0.3, -0.25) is 0 Å². The van der Waals surface area contributed by atoms with Crippen molar-refractivity contribution in [3.8, 4) is 16.9 Å². The lowest BCUT2D eigenvalue weighted by Gasteiger charge is -2.27. The fraction of sp³-hybridized carbons (Fsp3) is 0.200. The van der Waals surface area contributed by atoms with Gasteiger partial charge >= 0.3 is 0 Å². The highest BCUT2D eigenvalue weighted by Crippen LogP contribution is 2.47. The van der Waals surface area contributed by atoms with Crippen LogP contribution in [-0.4, -0.2) is 12.3 Å². The Bertz CT molecular complexity index is 1180. The van der Waals surface area contributed by atoms with Gasteiger partial charge in [-0.05, 0) is 59.7 Å². The Balaban J connectivity index is 1.57. The van der Waals surface area contributed by atoms with Crippen LogP contribution in [0.2, 0.25) is 0 Å². The summed E-state index contributed by atoms with van der Waals surface area (Å²) in [6.07, 6.45) is 2.66. The number of halogens is 1. The fourth-order valence-corrected chi connectivity index (χ4v) is 4.98. The molecule has 3 aromatic carbocycles. The summed E-state index contributed by atoms with van der Waals surface area (Å²) in [6, 6.07) is 22.4. The highest BCUT2D eigenvalue weighted by molar-refractivity contribution is 6.25. The minimum Gasteiger partial charge on any atom is -0.493 e. The fourth-order valence-electron chi connectivity index (χ4n) is 4.71. The maximum Gasteiger partial charge on any atom is 0.187 e. The van der Waals surface area contributed by atoms with Crippen LogP contribution in [0.5, 0.6) is 5.75 Å². The minimum absolute atomic E-state index is 0.145. The van der Waals surface area contributed by atoms with Crippen molar-refractivity contribution in [1.29, 1.82) is 0 Å². The average molecular weight is 399 g/mol. The molecule has 0 radical (unpaired) electrons. The Kier molecular flexibility index (Phi) is 4.38. The molecule has 142 valence electrons. The van der Waals surface area contributed by atoms with E-state index in [4.69, 9.17) is 23.1 Å². The van der Waals surface area contributed by atoms with Gasteiger partial charge < -0.3 is 4.74 Å². The number of fused-ring (bicyclic) bond motifs is 2. The Morgan fingerprint density at radius 2 is 1.76 bits per heavy atom. The lowest BCUT2D eigenvalue weighted by Crippen LogP contribution is -2.31. The number of ether oxygens (including phenoxy) is 1. The summed E-state index contributed by atoms with van der Waals surface area (Å²) in [4.78, 5) is 3.55. The van der Waals surface area contributed by atoms with Gasteiger partial charge in [0.1, 0.15) is 5.75 Å². The van der Waals surface area contributed by atoms with Gasteiger partial charge in [-0.15, -0.1) is 0 Å². The molecule has 1 aliphatic heterocycles. The second-order valence-electron chi connectivity index (χ2n) is 7.81. The van der Waals surface area contributed by atoms with Crippen LogP contribution in [0.1, 0.15) is 23.1 Å². The molecule has 0 saturated heterocycles. The van der Waals surface area contributed by atoms with Gasteiger partial charge in [0.2, 0.25) is 0 Å². The lowest BCUT2D eigenvalue weighted by molar-refractivity contribution is 0.273. The molecular weight excluding hydrogens is 380 g/mol. The third kappa shape index (κ3) is 3.01. The predicted molar refractivity (Wildman–Crippen MR) is 117 cm³/mol. The molecule has 3 aromatic rings. The Morgan fingerprint density at radius 1 is 0.931 bits per heavy atom. The molecule has 0 bridgehead atoms. The molecule has 2 aliphatic rings. The van der Waals surface area contributed by atoms with E-state index in [0.29, 0.717) is 12.3 Å². The van der Waals surface area contributed by atoms with Crippen molar-refractivity contribution in [1.82, 2.24) is 0 Å². The molecule has 3 nitrogen and oxygen atoms in total. The smallest absolute Gasteiger partial charge is 0.187 e. The summed E-state index contributed by atoms with van der Waals surface area (Å²) in [7, 11) is 0. The van der Waals surface area contributed by atoms with Crippen LogP contribution in [0.4, 0.5) is 5.69 Å². The minimum atomic E-state index is -0.145. The second kappa shape index (κ2) is 7.06. The molecule has 1 spiro atoms. The third-order valence-electron chi connectivity index (χ3n) is 6.13. The van der Waals surface area contributed by atoms with Crippen molar-refractivity contribution in [3.63, 3.8) is 0 Å². The molecule has 1 heterocycles. The van der Waals surface area contributed by atoms with Gasteiger partial charge in [0.15, 0.2) is 5.69 Å². The van der Waals surface area contributed by atoms with E-state index in [1.807, 2.05) is 36.4 Å². The van der Waals surface area contributed by atoms with Crippen molar-refractivity contribution in [2.24, 2.45) is 9.93 Å². The summed E-state index contributed by atoms with van der Waals surface area (Å²) in [6.45, 7) is 7.93. The summed E-state index contributed by atoms with van der Waals surface area (Å²) >= 11 is 6.19. The molecule has 0 N–H and O–H groups in total. The largest absolute Gasteiger partial charge is 0.493 e. The SMILES string of the molecule is [C-]#[N+]c1cccc(-c2ccc3c(c2)C(=NCl)C2(CCOc4ccccc4C2)C3)c1. The van der Waals surface area contributed by atoms with E-state index >= 15 is 0 Å². The first-order valence-corrected chi connectivity index (χ1v) is 10.1. The normalized spacial score (nSPS) is 21.2. The van der Waals surface area contributed by atoms with E-state index < -0.39 is 0 Å². The molecule has 29 heavy (non-hydrogen) atoms. The zero-order valence-electron chi connectivity index (χ0n) is 15.9. The van der Waals surface area contributed by atoms with E-state index in [0.717, 1.165) is 47.4 Å². The van der Waals surface area contributed by atoms with Crippen LogP contribution >= 0.6 is 11.8 Å². The van der Waals surface area contributed by atoms with E-state index in [9.17, 15) is 0 Å². The molecule has 4 heteroatoms. The van der Waals surface area contributed by atoms with Crippen molar-refractivity contribution in [2.75, 3.05) is 6.61 Å². The van der Waals surface area contributed by atoms with Gasteiger partial charge in [0, 0.05) is 22.8 Å². The van der Waals surface area contributed by atoms with Crippen LogP contribution in [0.25, 0.3) is 16.0 Å². The molecule has 1 aliphatic carbocycles. The van der Waals surface area contributed by atoms with Crippen LogP contribution in [0, 0.1) is 12.0 Å². The summed E-state index contributed by atoms with van der Waals surface area (Å²) in [5.74, 6) is 0.964. The van der Waals surface area contributed by atoms with Crippen molar-refractivity contribution < 1.29 is 4.74 Å². The number of hydrogen-bond donors (Lipinski definition) is 0. The van der Waals surface area contributed by atoms with Gasteiger partial charge in [0.25, 0.3) is 0 Å². The predicted octanol–water partition coefficient (Wildman–Crippen LogP) is 6.41. The Labute approximate surface area is 175 Å². The van der Waals surface area contributed by atoms with Crippen LogP contribution < -0.4 is 4.74 Å². The summed E-state index contributed by atoms with van der Waals surface area (Å²) in [5, 5.41) is 0. The number of rotatable bonds is 1. The van der Waals surface area contributed by atoms with E-state index in [-0.39, 0.29) is 5.41 Å². The molecule has 1 unspecified atom stereocenters. The average Bonchev–Trinajstić information content (AvgIpc) is 2.93. The highest BCUT2D eigenvalue weighted by atomic mass is 35.5. The van der Waals surface area contributed by atoms with Crippen molar-refractivity contribution >= 4 is 23.2 Å². The molecule has 0 amide bonds. The molecule has 0 aromatic heterocycles. The standard InChI is InChI=1S/C25H19ClN2O/c1-27-21-7-4-6-17(13-21)18-9-10-19-15-25(24(28-26)22(19)14-18)11-12-29-23-8-3-2-5-20(23)16-25/h2-10,13-14H,11-12,15-16H2. The first kappa shape index (κ1) is 18.0. The Hall–Kier alpha value is -3.09. The van der Waals surface area contributed by atoms with Gasteiger partial charge in [-0.2, -0.15) is 4.51 Å². The van der Waals surface area contributed by atoms with Gasteiger partial charge in [-0.25, -0.2) is 4.85 Å². The lowest BCUT2D eigenvalue weighted by atomic mass is 9.75. The van der Waals surface area contributed by atoms with Gasteiger partial charge in [-0.1, -0.05) is 48.5 Å². The maximum atomic E-state index is 7.27. The van der Waals surface area contributed by atoms with E-state index in [1.165, 1.54) is 11.1 Å². The number of para-hydroxylation sites is 1. The first-order chi connectivity index (χ1) is 14.2. The zero-order chi connectivity index (χ0) is 19.8. The highest BCUT2D eigenvalue weighted by Gasteiger charge is 2.45. The molecule has 5 rings (SSSR count). The van der Waals surface area contributed by atoms with Crippen molar-refractivity contribution in [3.05, 3.63) is 94.8 Å². The maximum absolute atomic E-state index is 7.27. The quantitative estimate of drug-likeness (QED) is 0.434. The van der Waals surface area contributed by atoms with E-state index in [1.54, 1.807) is 0 Å². The number of benzene rings is 3. The van der Waals surface area contributed by atoms with Gasteiger partial charge in [0.05, 0.1) is 18.9 Å². The molecule has 0 fully saturated rings. The zero-order valence-corrected chi connectivity index (χ0v) is 16.6. The topological polar surface area (TPSA) is 25.9 Å². The molecular formula is C25H19ClN2O. The number of hydrogen-bond acceptors (Lipinski definition) is 2. The summed E-state index contributed by atoms with van der Waals surface area (Å²) in [5.41, 5.74) is 7.16. The summed E-state index contributed by atoms with van der Waals surface area (Å²) < 4.78 is 10.3. The first-order valence-electron chi connectivity index (χ1n) is 9.74. The Morgan fingerprint density at radius 3 is 2.62 bits per heavy atom. The van der Waals surface area contributed by atoms with Crippen LogP contribution in [0.15, 0.2) is 71.2 Å². The van der Waals surface area contributed by atoms with E-state index in [2.05, 4.69) is 39.7 Å². The van der Waals surface area contributed by atoms with Crippen LogP contribution in [-0.2, 0) is 12.8 Å². The molecule has 1 atom stereocenters. The van der Waals surface area contributed by atoms with Crippen LogP contribution in [0.3, 0.4) is 0 Å². The molecule has 0 saturated carbocycles. The van der Waals surface area contributed by atoms with Crippen molar-refractivity contribution in [2.45, 2.75) is 19.3 Å². The third-order valence-corrected chi connectivity index (χ3v) is 6.30.